The van der Waals surface area contributed by atoms with Gasteiger partial charge in [0.05, 0.1) is 0 Å². The minimum absolute atomic E-state index is 0.00445. The van der Waals surface area contributed by atoms with Gasteiger partial charge in [0.2, 0.25) is 0 Å². The number of rotatable bonds is 9. The molecule has 0 rings (SSSR count). The van der Waals surface area contributed by atoms with Gasteiger partial charge in [0, 0.05) is 19.0 Å². The SMILES string of the molecule is CC(C)CCCC(C)NC(=O)NCC[C@H](O)C(=O)O. The highest BCUT2D eigenvalue weighted by molar-refractivity contribution is 5.74. The summed E-state index contributed by atoms with van der Waals surface area (Å²) >= 11 is 0. The molecule has 6 heteroatoms. The lowest BCUT2D eigenvalue weighted by atomic mass is 10.0. The minimum atomic E-state index is -1.43. The number of amides is 2. The van der Waals surface area contributed by atoms with E-state index in [1.165, 1.54) is 0 Å². The fourth-order valence-electron chi connectivity index (χ4n) is 1.63. The summed E-state index contributed by atoms with van der Waals surface area (Å²) < 4.78 is 0. The van der Waals surface area contributed by atoms with Gasteiger partial charge in [0.1, 0.15) is 0 Å². The molecule has 0 aliphatic heterocycles. The van der Waals surface area contributed by atoms with Crippen LogP contribution in [0.25, 0.3) is 0 Å². The molecular formula is C13H26N2O4. The predicted octanol–water partition coefficient (Wildman–Crippen LogP) is 1.34. The third-order valence-corrected chi connectivity index (χ3v) is 2.78. The number of carbonyl (C=O) groups excluding carboxylic acids is 1. The summed E-state index contributed by atoms with van der Waals surface area (Å²) in [4.78, 5) is 21.8. The number of hydrogen-bond donors (Lipinski definition) is 4. The Morgan fingerprint density at radius 2 is 1.74 bits per heavy atom. The minimum Gasteiger partial charge on any atom is -0.479 e. The van der Waals surface area contributed by atoms with Crippen LogP contribution < -0.4 is 10.6 Å². The normalized spacial score (nSPS) is 13.9. The summed E-state index contributed by atoms with van der Waals surface area (Å²) in [5.41, 5.74) is 0. The highest BCUT2D eigenvalue weighted by atomic mass is 16.4. The molecule has 0 radical (unpaired) electrons. The van der Waals surface area contributed by atoms with E-state index in [0.29, 0.717) is 5.92 Å². The summed E-state index contributed by atoms with van der Waals surface area (Å²) in [6, 6.07) is -0.238. The molecule has 0 fully saturated rings. The smallest absolute Gasteiger partial charge is 0.332 e. The van der Waals surface area contributed by atoms with E-state index in [1.807, 2.05) is 6.92 Å². The third-order valence-electron chi connectivity index (χ3n) is 2.78. The average Bonchev–Trinajstić information content (AvgIpc) is 2.27. The van der Waals surface area contributed by atoms with Gasteiger partial charge in [-0.3, -0.25) is 0 Å². The van der Waals surface area contributed by atoms with Gasteiger partial charge in [-0.25, -0.2) is 9.59 Å². The average molecular weight is 274 g/mol. The number of carboxylic acid groups (broad SMARTS) is 1. The Morgan fingerprint density at radius 3 is 2.26 bits per heavy atom. The first kappa shape index (κ1) is 17.7. The molecule has 4 N–H and O–H groups in total. The van der Waals surface area contributed by atoms with E-state index in [1.54, 1.807) is 0 Å². The van der Waals surface area contributed by atoms with Crippen molar-refractivity contribution < 1.29 is 19.8 Å². The predicted molar refractivity (Wildman–Crippen MR) is 72.9 cm³/mol. The monoisotopic (exact) mass is 274 g/mol. The van der Waals surface area contributed by atoms with Gasteiger partial charge in [0.25, 0.3) is 0 Å². The first-order valence-electron chi connectivity index (χ1n) is 6.78. The van der Waals surface area contributed by atoms with Crippen LogP contribution in [0.2, 0.25) is 0 Å². The van der Waals surface area contributed by atoms with Gasteiger partial charge in [-0.1, -0.05) is 26.7 Å². The van der Waals surface area contributed by atoms with Crippen molar-refractivity contribution in [3.05, 3.63) is 0 Å². The molecule has 0 saturated carbocycles. The van der Waals surface area contributed by atoms with Crippen LogP contribution in [0.1, 0.15) is 46.5 Å². The molecule has 1 unspecified atom stereocenters. The van der Waals surface area contributed by atoms with Crippen LogP contribution in [0.3, 0.4) is 0 Å². The highest BCUT2D eigenvalue weighted by Gasteiger charge is 2.13. The maximum atomic E-state index is 11.5. The summed E-state index contributed by atoms with van der Waals surface area (Å²) in [5.74, 6) is -0.609. The molecule has 112 valence electrons. The van der Waals surface area contributed by atoms with E-state index in [4.69, 9.17) is 10.2 Å². The lowest BCUT2D eigenvalue weighted by molar-refractivity contribution is -0.146. The topological polar surface area (TPSA) is 98.7 Å². The molecule has 2 amide bonds. The number of aliphatic hydroxyl groups excluding tert-OH is 1. The van der Waals surface area contributed by atoms with Crippen LogP contribution in [0.5, 0.6) is 0 Å². The van der Waals surface area contributed by atoms with Crippen LogP contribution >= 0.6 is 0 Å². The van der Waals surface area contributed by atoms with Crippen molar-refractivity contribution in [2.45, 2.75) is 58.6 Å². The quantitative estimate of drug-likeness (QED) is 0.510. The number of urea groups is 1. The zero-order chi connectivity index (χ0) is 14.8. The molecule has 0 aromatic carbocycles. The summed E-state index contributed by atoms with van der Waals surface area (Å²) in [7, 11) is 0. The molecule has 0 spiro atoms. The standard InChI is InChI=1S/C13H26N2O4/c1-9(2)5-4-6-10(3)15-13(19)14-8-7-11(16)12(17)18/h9-11,16H,4-8H2,1-3H3,(H,17,18)(H2,14,15,19)/t10?,11-/m0/s1. The van der Waals surface area contributed by atoms with Crippen LogP contribution in [0.15, 0.2) is 0 Å². The van der Waals surface area contributed by atoms with E-state index in [0.717, 1.165) is 19.3 Å². The maximum Gasteiger partial charge on any atom is 0.332 e. The first-order chi connectivity index (χ1) is 8.82. The maximum absolute atomic E-state index is 11.5. The second-order valence-corrected chi connectivity index (χ2v) is 5.27. The van der Waals surface area contributed by atoms with Gasteiger partial charge >= 0.3 is 12.0 Å². The zero-order valence-corrected chi connectivity index (χ0v) is 12.0. The summed E-state index contributed by atoms with van der Waals surface area (Å²) in [6.45, 7) is 6.40. The largest absolute Gasteiger partial charge is 0.479 e. The van der Waals surface area contributed by atoms with Crippen molar-refractivity contribution in [2.24, 2.45) is 5.92 Å². The Morgan fingerprint density at radius 1 is 1.11 bits per heavy atom. The fraction of sp³-hybridized carbons (Fsp3) is 0.846. The number of aliphatic carboxylic acids is 1. The summed E-state index contributed by atoms with van der Waals surface area (Å²) in [5, 5.41) is 22.8. The third kappa shape index (κ3) is 10.3. The van der Waals surface area contributed by atoms with Crippen molar-refractivity contribution >= 4 is 12.0 Å². The van der Waals surface area contributed by atoms with Gasteiger partial charge in [0.15, 0.2) is 6.10 Å². The number of carbonyl (C=O) groups is 2. The molecule has 0 aromatic heterocycles. The molecule has 0 aliphatic rings. The Balaban J connectivity index is 3.65. The first-order valence-corrected chi connectivity index (χ1v) is 6.78. The Hall–Kier alpha value is -1.30. The number of carboxylic acids is 1. The molecule has 0 heterocycles. The molecule has 0 bridgehead atoms. The van der Waals surface area contributed by atoms with Gasteiger partial charge < -0.3 is 20.8 Å². The van der Waals surface area contributed by atoms with Crippen molar-refractivity contribution in [3.63, 3.8) is 0 Å². The van der Waals surface area contributed by atoms with E-state index >= 15 is 0 Å². The molecule has 19 heavy (non-hydrogen) atoms. The van der Waals surface area contributed by atoms with Crippen LogP contribution in [-0.2, 0) is 4.79 Å². The number of aliphatic hydroxyl groups is 1. The van der Waals surface area contributed by atoms with Crippen molar-refractivity contribution in [3.8, 4) is 0 Å². The van der Waals surface area contributed by atoms with Gasteiger partial charge in [-0.2, -0.15) is 0 Å². The number of nitrogens with one attached hydrogen (secondary N) is 2. The highest BCUT2D eigenvalue weighted by Crippen LogP contribution is 2.07. The Kier molecular flexibility index (Phi) is 8.95. The molecule has 2 atom stereocenters. The fourth-order valence-corrected chi connectivity index (χ4v) is 1.63. The van der Waals surface area contributed by atoms with Crippen LogP contribution in [0.4, 0.5) is 4.79 Å². The summed E-state index contributed by atoms with van der Waals surface area (Å²) in [6.07, 6.45) is 1.70. The van der Waals surface area contributed by atoms with E-state index in [-0.39, 0.29) is 25.0 Å². The molecular weight excluding hydrogens is 248 g/mol. The number of hydrogen-bond acceptors (Lipinski definition) is 3. The van der Waals surface area contributed by atoms with E-state index in [9.17, 15) is 9.59 Å². The molecule has 6 nitrogen and oxygen atoms in total. The Labute approximate surface area is 114 Å². The zero-order valence-electron chi connectivity index (χ0n) is 12.0. The van der Waals surface area contributed by atoms with E-state index in [2.05, 4.69) is 24.5 Å². The second-order valence-electron chi connectivity index (χ2n) is 5.27. The Bertz CT molecular complexity index is 282. The van der Waals surface area contributed by atoms with E-state index < -0.39 is 12.1 Å². The second kappa shape index (κ2) is 9.61. The van der Waals surface area contributed by atoms with Gasteiger partial charge in [-0.05, 0) is 19.3 Å². The van der Waals surface area contributed by atoms with Crippen molar-refractivity contribution in [1.29, 1.82) is 0 Å². The lowest BCUT2D eigenvalue weighted by Gasteiger charge is -2.15. The van der Waals surface area contributed by atoms with Crippen molar-refractivity contribution in [2.75, 3.05) is 6.54 Å². The molecule has 0 aromatic rings. The van der Waals surface area contributed by atoms with Gasteiger partial charge in [-0.15, -0.1) is 0 Å². The van der Waals surface area contributed by atoms with Crippen LogP contribution in [0, 0.1) is 5.92 Å². The lowest BCUT2D eigenvalue weighted by Crippen LogP contribution is -2.42. The van der Waals surface area contributed by atoms with Crippen LogP contribution in [-0.4, -0.2) is 40.9 Å². The molecule has 0 aliphatic carbocycles. The van der Waals surface area contributed by atoms with Crippen molar-refractivity contribution in [1.82, 2.24) is 10.6 Å². The molecule has 0 saturated heterocycles.